The molecule has 0 spiro atoms. The number of hydrogen-bond acceptors (Lipinski definition) is 18. The zero-order chi connectivity index (χ0) is 47.8. The van der Waals surface area contributed by atoms with Gasteiger partial charge in [-0.25, -0.2) is 0 Å². The molecular formula is C45H71IN2O16. The van der Waals surface area contributed by atoms with Crippen molar-refractivity contribution in [3.8, 4) is 0 Å². The summed E-state index contributed by atoms with van der Waals surface area (Å²) in [6.45, 7) is 13.5. The standard InChI is InChI=1S/C45H71IN2O16/c1-12-33-30(21-58-36-20-34(57-11)38(52)26(5)59-36)17-23(2)13-14-32(50)24(3)18-29(15-16-49)40(25(4)31(47-56)19-35(51)61-33)62-43-39(53)37(48(9)10)41(27(6)60-43)64-45(46)22-44(8,55)42(54)28(7)63-45/h13-14,16-17,20,24-31,33-34,37-43,52-55H,12,15,18-19,21-22H2,1-11H3/b14-13+,23-17+/t24-,25+,26?,27-,28?,29+,30-,31-,33-,34?,37?,38-,39?,40-,41-,42+,43+,44?,45-/m1/s1. The van der Waals surface area contributed by atoms with E-state index in [0.29, 0.717) is 18.3 Å². The number of esters is 1. The number of allylic oxidation sites excluding steroid dienone is 3. The normalized spacial score (nSPS) is 44.4. The summed E-state index contributed by atoms with van der Waals surface area (Å²) in [5.74, 6) is -3.57. The van der Waals surface area contributed by atoms with Gasteiger partial charge in [-0.15, -0.1) is 0 Å². The molecule has 0 amide bonds. The third-order valence-electron chi connectivity index (χ3n) is 12.9. The molecule has 0 aromatic heterocycles. The quantitative estimate of drug-likeness (QED) is 0.0674. The van der Waals surface area contributed by atoms with Crippen molar-refractivity contribution in [3.05, 3.63) is 40.7 Å². The molecule has 0 aromatic rings. The van der Waals surface area contributed by atoms with Crippen molar-refractivity contribution >= 4 is 40.6 Å². The second-order valence-corrected chi connectivity index (χ2v) is 20.0. The first-order chi connectivity index (χ1) is 30.0. The van der Waals surface area contributed by atoms with Gasteiger partial charge in [-0.3, -0.25) is 9.59 Å². The SMILES string of the molecule is CC[C@H]1OC(=O)C[C@@H](N=O)[C@H](C)[C@@H](O[C@@H]2O[C@H](C)[C@@H](O[C@@]3(I)CC(C)(O)[C@@H](O)C(C)O3)C(N(C)C)C2O)[C@@H](CC=O)C[C@@H](C)C(=O)/C=C/C(C)=C/[C@@H]1COC1=CC(OC)[C@H](O)C(C)O1. The van der Waals surface area contributed by atoms with Crippen LogP contribution in [0.25, 0.3) is 0 Å². The first-order valence-corrected chi connectivity index (χ1v) is 23.3. The molecule has 4 heterocycles. The lowest BCUT2D eigenvalue weighted by molar-refractivity contribution is -0.346. The van der Waals surface area contributed by atoms with Crippen LogP contribution in [-0.2, 0) is 52.3 Å². The molecule has 0 bridgehead atoms. The van der Waals surface area contributed by atoms with Crippen LogP contribution < -0.4 is 0 Å². The summed E-state index contributed by atoms with van der Waals surface area (Å²) in [7, 11) is 4.95. The fourth-order valence-electron chi connectivity index (χ4n) is 9.14. The molecule has 64 heavy (non-hydrogen) atoms. The van der Waals surface area contributed by atoms with Crippen molar-refractivity contribution in [2.24, 2.45) is 28.8 Å². The van der Waals surface area contributed by atoms with Crippen molar-refractivity contribution in [1.29, 1.82) is 0 Å². The van der Waals surface area contributed by atoms with Gasteiger partial charge in [-0.05, 0) is 96.1 Å². The van der Waals surface area contributed by atoms with E-state index in [1.54, 1.807) is 66.6 Å². The van der Waals surface area contributed by atoms with E-state index in [9.17, 15) is 39.7 Å². The molecule has 4 N–H and O–H groups in total. The van der Waals surface area contributed by atoms with E-state index < -0.39 is 125 Å². The Kier molecular flexibility index (Phi) is 19.9. The maximum Gasteiger partial charge on any atom is 0.308 e. The van der Waals surface area contributed by atoms with Gasteiger partial charge in [0.25, 0.3) is 5.95 Å². The number of ketones is 1. The van der Waals surface area contributed by atoms with E-state index in [1.165, 1.54) is 26.2 Å². The van der Waals surface area contributed by atoms with Crippen molar-refractivity contribution in [3.63, 3.8) is 0 Å². The highest BCUT2D eigenvalue weighted by atomic mass is 127. The number of aldehydes is 1. The molecule has 364 valence electrons. The number of carbonyl (C=O) groups excluding carboxylic acids is 3. The summed E-state index contributed by atoms with van der Waals surface area (Å²) in [4.78, 5) is 54.4. The van der Waals surface area contributed by atoms with Crippen LogP contribution in [0, 0.1) is 28.6 Å². The summed E-state index contributed by atoms with van der Waals surface area (Å²) in [6.07, 6.45) is -3.32. The molecule has 19 heteroatoms. The van der Waals surface area contributed by atoms with Crippen LogP contribution in [0.1, 0.15) is 87.5 Å². The van der Waals surface area contributed by atoms with E-state index in [2.05, 4.69) is 5.18 Å². The average Bonchev–Trinajstić information content (AvgIpc) is 3.22. The van der Waals surface area contributed by atoms with Crippen LogP contribution in [0.15, 0.2) is 41.0 Å². The molecule has 19 atom stereocenters. The van der Waals surface area contributed by atoms with E-state index in [-0.39, 0.29) is 37.6 Å². The molecule has 0 aliphatic carbocycles. The van der Waals surface area contributed by atoms with Gasteiger partial charge in [0.1, 0.15) is 61.7 Å². The van der Waals surface area contributed by atoms with Gasteiger partial charge in [-0.1, -0.05) is 43.7 Å². The third-order valence-corrected chi connectivity index (χ3v) is 13.8. The Bertz CT molecular complexity index is 1680. The Balaban J connectivity index is 1.66. The van der Waals surface area contributed by atoms with Crippen LogP contribution in [-0.4, -0.2) is 160 Å². The second kappa shape index (κ2) is 23.5. The molecular weight excluding hydrogens is 951 g/mol. The van der Waals surface area contributed by atoms with Crippen molar-refractivity contribution in [1.82, 2.24) is 4.90 Å². The van der Waals surface area contributed by atoms with E-state index in [4.69, 9.17) is 37.9 Å². The van der Waals surface area contributed by atoms with Crippen LogP contribution >= 0.6 is 22.6 Å². The van der Waals surface area contributed by atoms with Gasteiger partial charge in [0.15, 0.2) is 12.1 Å². The van der Waals surface area contributed by atoms with Crippen LogP contribution in [0.3, 0.4) is 0 Å². The summed E-state index contributed by atoms with van der Waals surface area (Å²) in [5, 5.41) is 47.5. The van der Waals surface area contributed by atoms with E-state index in [0.717, 1.165) is 0 Å². The number of carbonyl (C=O) groups is 3. The van der Waals surface area contributed by atoms with Gasteiger partial charge < -0.3 is 68.0 Å². The number of hydrogen-bond donors (Lipinski definition) is 4. The Hall–Kier alpha value is -2.44. The van der Waals surface area contributed by atoms with Gasteiger partial charge in [0.05, 0.1) is 36.4 Å². The number of cyclic esters (lactones) is 1. The molecule has 6 unspecified atom stereocenters. The van der Waals surface area contributed by atoms with Crippen LogP contribution in [0.5, 0.6) is 0 Å². The topological polar surface area (TPSA) is 239 Å². The fraction of sp³-hybridized carbons (Fsp3) is 0.800. The Morgan fingerprint density at radius 3 is 2.28 bits per heavy atom. The number of ether oxygens (including phenoxy) is 8. The van der Waals surface area contributed by atoms with Crippen molar-refractivity contribution < 1.29 is 72.7 Å². The molecule has 0 saturated carbocycles. The largest absolute Gasteiger partial charge is 0.465 e. The Labute approximate surface area is 390 Å². The highest BCUT2D eigenvalue weighted by molar-refractivity contribution is 14.1. The zero-order valence-corrected chi connectivity index (χ0v) is 41.1. The number of methoxy groups -OCH3 is 1. The second-order valence-electron chi connectivity index (χ2n) is 18.4. The first-order valence-electron chi connectivity index (χ1n) is 22.2. The molecule has 0 radical (unpaired) electrons. The maximum atomic E-state index is 13.8. The minimum absolute atomic E-state index is 0.0155. The number of aliphatic hydroxyl groups excluding tert-OH is 3. The smallest absolute Gasteiger partial charge is 0.308 e. The van der Waals surface area contributed by atoms with Gasteiger partial charge in [-0.2, -0.15) is 4.91 Å². The molecule has 4 aliphatic rings. The molecule has 18 nitrogen and oxygen atoms in total. The minimum Gasteiger partial charge on any atom is -0.465 e. The first kappa shape index (κ1) is 54.2. The number of aliphatic hydroxyl groups is 4. The van der Waals surface area contributed by atoms with E-state index >= 15 is 0 Å². The monoisotopic (exact) mass is 1020 g/mol. The highest BCUT2D eigenvalue weighted by Crippen LogP contribution is 2.44. The number of nitrogens with zero attached hydrogens (tertiary/aromatic N) is 2. The van der Waals surface area contributed by atoms with Crippen LogP contribution in [0.4, 0.5) is 0 Å². The van der Waals surface area contributed by atoms with Gasteiger partial charge in [0.2, 0.25) is 3.79 Å². The Morgan fingerprint density at radius 1 is 1.00 bits per heavy atom. The summed E-state index contributed by atoms with van der Waals surface area (Å²) in [6, 6.07) is -2.03. The number of nitroso groups, excluding NO2 is 1. The lowest BCUT2D eigenvalue weighted by Crippen LogP contribution is -2.66. The number of rotatable bonds is 13. The summed E-state index contributed by atoms with van der Waals surface area (Å²) >= 11 is 1.95. The predicted molar refractivity (Wildman–Crippen MR) is 240 cm³/mol. The summed E-state index contributed by atoms with van der Waals surface area (Å²) in [5.41, 5.74) is -0.867. The maximum absolute atomic E-state index is 13.8. The Morgan fingerprint density at radius 2 is 1.69 bits per heavy atom. The van der Waals surface area contributed by atoms with Gasteiger partial charge in [0, 0.05) is 43.8 Å². The van der Waals surface area contributed by atoms with E-state index in [1.807, 2.05) is 35.6 Å². The summed E-state index contributed by atoms with van der Waals surface area (Å²) < 4.78 is 47.5. The number of halogens is 1. The van der Waals surface area contributed by atoms with Crippen molar-refractivity contribution in [2.45, 2.75) is 176 Å². The minimum atomic E-state index is -1.54. The lowest BCUT2D eigenvalue weighted by Gasteiger charge is -2.52. The predicted octanol–water partition coefficient (Wildman–Crippen LogP) is 3.87. The lowest BCUT2D eigenvalue weighted by atomic mass is 9.79. The number of likely N-dealkylation sites (N-methyl/N-ethyl adjacent to an activating group) is 1. The van der Waals surface area contributed by atoms with Crippen molar-refractivity contribution in [2.75, 3.05) is 27.8 Å². The zero-order valence-electron chi connectivity index (χ0n) is 38.9. The average molecular weight is 1020 g/mol. The van der Waals surface area contributed by atoms with Crippen LogP contribution in [0.2, 0.25) is 0 Å². The molecule has 0 aromatic carbocycles. The molecule has 4 aliphatic heterocycles. The fourth-order valence-corrected chi connectivity index (χ4v) is 10.6. The molecule has 2 fully saturated rings. The third kappa shape index (κ3) is 13.6. The molecule has 4 rings (SSSR count). The highest BCUT2D eigenvalue weighted by Gasteiger charge is 2.56. The molecule has 2 saturated heterocycles. The van der Waals surface area contributed by atoms with Gasteiger partial charge >= 0.3 is 5.97 Å². The number of alkyl halides is 1.